The van der Waals surface area contributed by atoms with Gasteiger partial charge < -0.3 is 5.11 Å². The van der Waals surface area contributed by atoms with Gasteiger partial charge in [0.05, 0.1) is 12.2 Å². The molecule has 2 fully saturated rings. The van der Waals surface area contributed by atoms with Crippen molar-refractivity contribution in [2.24, 2.45) is 21.1 Å². The Labute approximate surface area is 188 Å². The van der Waals surface area contributed by atoms with E-state index in [1.807, 2.05) is 34.9 Å². The minimum atomic E-state index is -0.426. The molecule has 166 valence electrons. The Bertz CT molecular complexity index is 1200. The Morgan fingerprint density at radius 2 is 1.78 bits per heavy atom. The largest absolute Gasteiger partial charge is 0.493 e. The lowest BCUT2D eigenvalue weighted by Crippen LogP contribution is -2.35. The third-order valence-electron chi connectivity index (χ3n) is 7.03. The van der Waals surface area contributed by atoms with Crippen molar-refractivity contribution >= 4 is 22.5 Å². The number of likely N-dealkylation sites (tertiary alicyclic amines) is 1. The molecule has 1 saturated carbocycles. The summed E-state index contributed by atoms with van der Waals surface area (Å²) in [7, 11) is 0. The predicted octanol–water partition coefficient (Wildman–Crippen LogP) is 6.13. The number of fused-ring (bicyclic) bond motifs is 3. The van der Waals surface area contributed by atoms with Crippen molar-refractivity contribution in [1.82, 2.24) is 9.47 Å². The standard InChI is InChI=1S/C26H30N4O2/c1-25(2)13-19-14-26(3,15-25)16-29(19)17-30-21-12-8-7-11-20(21)22(24(30)32)27-28-23(31)18-9-5-4-6-10-18/h4-12,19,32H,13-17H2,1-3H3/t19-,26-/m1/s1. The van der Waals surface area contributed by atoms with Crippen LogP contribution in [0.1, 0.15) is 50.4 Å². The number of aromatic hydroxyl groups is 1. The molecule has 0 radical (unpaired) electrons. The smallest absolute Gasteiger partial charge is 0.295 e. The van der Waals surface area contributed by atoms with E-state index >= 15 is 0 Å². The van der Waals surface area contributed by atoms with Crippen LogP contribution in [0.3, 0.4) is 0 Å². The summed E-state index contributed by atoms with van der Waals surface area (Å²) >= 11 is 0. The molecule has 1 saturated heterocycles. The second-order valence-electron chi connectivity index (χ2n) is 10.6. The molecule has 1 amide bonds. The maximum absolute atomic E-state index is 12.4. The van der Waals surface area contributed by atoms with Crippen molar-refractivity contribution in [3.8, 4) is 5.88 Å². The fourth-order valence-corrected chi connectivity index (χ4v) is 6.17. The highest BCUT2D eigenvalue weighted by Gasteiger charge is 2.49. The minimum absolute atomic E-state index is 0.0571. The van der Waals surface area contributed by atoms with Crippen LogP contribution in [0.25, 0.3) is 10.9 Å². The highest BCUT2D eigenvalue weighted by atomic mass is 16.3. The van der Waals surface area contributed by atoms with E-state index in [9.17, 15) is 9.90 Å². The number of aromatic nitrogens is 1. The summed E-state index contributed by atoms with van der Waals surface area (Å²) in [5.74, 6) is -0.369. The number of nitrogens with zero attached hydrogens (tertiary/aromatic N) is 4. The quantitative estimate of drug-likeness (QED) is 0.506. The average Bonchev–Trinajstić information content (AvgIpc) is 3.15. The zero-order valence-electron chi connectivity index (χ0n) is 19.0. The number of hydrogen-bond donors (Lipinski definition) is 1. The second kappa shape index (κ2) is 7.55. The normalized spacial score (nSPS) is 25.0. The Morgan fingerprint density at radius 3 is 2.56 bits per heavy atom. The second-order valence-corrected chi connectivity index (χ2v) is 10.6. The van der Waals surface area contributed by atoms with Crippen LogP contribution in [0.15, 0.2) is 64.8 Å². The number of rotatable bonds is 4. The molecule has 1 aliphatic carbocycles. The monoisotopic (exact) mass is 430 g/mol. The molecule has 2 atom stereocenters. The molecule has 0 spiro atoms. The number of carbonyl (C=O) groups excluding carboxylic acids is 1. The Morgan fingerprint density at radius 1 is 1.06 bits per heavy atom. The summed E-state index contributed by atoms with van der Waals surface area (Å²) < 4.78 is 1.91. The molecule has 3 aromatic rings. The van der Waals surface area contributed by atoms with E-state index in [1.165, 1.54) is 19.3 Å². The molecule has 2 heterocycles. The van der Waals surface area contributed by atoms with Crippen molar-refractivity contribution < 1.29 is 9.90 Å². The van der Waals surface area contributed by atoms with Crippen molar-refractivity contribution in [1.29, 1.82) is 0 Å². The van der Waals surface area contributed by atoms with E-state index in [4.69, 9.17) is 0 Å². The summed E-state index contributed by atoms with van der Waals surface area (Å²) in [6.07, 6.45) is 3.60. The first kappa shape index (κ1) is 20.9. The van der Waals surface area contributed by atoms with E-state index in [0.717, 1.165) is 17.4 Å². The Kier molecular flexibility index (Phi) is 4.93. The molecule has 1 aromatic heterocycles. The molecule has 5 rings (SSSR count). The van der Waals surface area contributed by atoms with Gasteiger partial charge in [-0.05, 0) is 48.3 Å². The number of benzene rings is 2. The maximum Gasteiger partial charge on any atom is 0.295 e. The number of carbonyl (C=O) groups is 1. The zero-order valence-corrected chi connectivity index (χ0v) is 19.0. The lowest BCUT2D eigenvalue weighted by molar-refractivity contribution is 0.0995. The van der Waals surface area contributed by atoms with Crippen molar-refractivity contribution in [2.45, 2.75) is 52.7 Å². The molecule has 2 bridgehead atoms. The van der Waals surface area contributed by atoms with Crippen LogP contribution in [0.2, 0.25) is 0 Å². The summed E-state index contributed by atoms with van der Waals surface area (Å²) in [5.41, 5.74) is 2.37. The van der Waals surface area contributed by atoms with Gasteiger partial charge in [-0.1, -0.05) is 57.2 Å². The van der Waals surface area contributed by atoms with E-state index in [2.05, 4.69) is 35.9 Å². The van der Waals surface area contributed by atoms with Gasteiger partial charge in [0.25, 0.3) is 5.91 Å². The van der Waals surface area contributed by atoms with E-state index in [0.29, 0.717) is 34.8 Å². The van der Waals surface area contributed by atoms with Crippen LogP contribution in [-0.4, -0.2) is 33.1 Å². The number of amides is 1. The molecule has 1 N–H and O–H groups in total. The van der Waals surface area contributed by atoms with Crippen LogP contribution < -0.4 is 0 Å². The fourth-order valence-electron chi connectivity index (χ4n) is 6.17. The molecular weight excluding hydrogens is 400 g/mol. The van der Waals surface area contributed by atoms with Crippen LogP contribution >= 0.6 is 0 Å². The van der Waals surface area contributed by atoms with Crippen LogP contribution in [-0.2, 0) is 6.67 Å². The van der Waals surface area contributed by atoms with Crippen LogP contribution in [0.5, 0.6) is 5.88 Å². The Balaban J connectivity index is 1.47. The molecule has 6 nitrogen and oxygen atoms in total. The van der Waals surface area contributed by atoms with Gasteiger partial charge in [-0.2, -0.15) is 0 Å². The third-order valence-corrected chi connectivity index (χ3v) is 7.03. The minimum Gasteiger partial charge on any atom is -0.493 e. The van der Waals surface area contributed by atoms with Gasteiger partial charge in [-0.3, -0.25) is 14.3 Å². The first-order valence-electron chi connectivity index (χ1n) is 11.3. The average molecular weight is 431 g/mol. The van der Waals surface area contributed by atoms with E-state index in [1.54, 1.807) is 24.3 Å². The van der Waals surface area contributed by atoms with E-state index < -0.39 is 5.91 Å². The Hall–Kier alpha value is -2.99. The van der Waals surface area contributed by atoms with Crippen molar-refractivity contribution in [3.05, 3.63) is 60.2 Å². The molecule has 1 aliphatic heterocycles. The van der Waals surface area contributed by atoms with Gasteiger partial charge in [0.15, 0.2) is 5.69 Å². The zero-order chi connectivity index (χ0) is 22.5. The summed E-state index contributed by atoms with van der Waals surface area (Å²) in [6.45, 7) is 8.75. The molecular formula is C26H30N4O2. The van der Waals surface area contributed by atoms with Gasteiger partial charge in [0, 0.05) is 23.5 Å². The predicted molar refractivity (Wildman–Crippen MR) is 125 cm³/mol. The summed E-state index contributed by atoms with van der Waals surface area (Å²) in [5, 5.41) is 20.0. The highest BCUT2D eigenvalue weighted by Crippen LogP contribution is 2.53. The van der Waals surface area contributed by atoms with Gasteiger partial charge in [0.1, 0.15) is 0 Å². The number of hydrogen-bond acceptors (Lipinski definition) is 4. The summed E-state index contributed by atoms with van der Waals surface area (Å²) in [4.78, 5) is 14.9. The first-order chi connectivity index (χ1) is 15.2. The summed E-state index contributed by atoms with van der Waals surface area (Å²) in [6, 6.07) is 17.1. The lowest BCUT2D eigenvalue weighted by Gasteiger charge is -2.40. The van der Waals surface area contributed by atoms with Crippen molar-refractivity contribution in [3.63, 3.8) is 0 Å². The fraction of sp³-hybridized carbons (Fsp3) is 0.423. The molecule has 2 aromatic carbocycles. The maximum atomic E-state index is 12.4. The van der Waals surface area contributed by atoms with Gasteiger partial charge in [-0.25, -0.2) is 0 Å². The van der Waals surface area contributed by atoms with Gasteiger partial charge in [-0.15, -0.1) is 10.2 Å². The van der Waals surface area contributed by atoms with Crippen LogP contribution in [0, 0.1) is 10.8 Å². The molecule has 6 heteroatoms. The highest BCUT2D eigenvalue weighted by molar-refractivity contribution is 5.97. The lowest BCUT2D eigenvalue weighted by atomic mass is 9.65. The number of azo groups is 1. The third kappa shape index (κ3) is 3.73. The van der Waals surface area contributed by atoms with Gasteiger partial charge >= 0.3 is 0 Å². The number of para-hydroxylation sites is 1. The molecule has 2 aliphatic rings. The van der Waals surface area contributed by atoms with Gasteiger partial charge in [0.2, 0.25) is 5.88 Å². The SMILES string of the molecule is CC1(C)C[C@@H]2C[C@@](C)(CN2Cn2c(O)c(N=NC(=O)c3ccccc3)c3ccccc32)C1. The van der Waals surface area contributed by atoms with E-state index in [-0.39, 0.29) is 5.88 Å². The topological polar surface area (TPSA) is 70.2 Å². The molecule has 0 unspecified atom stereocenters. The first-order valence-corrected chi connectivity index (χ1v) is 11.3. The molecule has 32 heavy (non-hydrogen) atoms. The van der Waals surface area contributed by atoms with Crippen LogP contribution in [0.4, 0.5) is 5.69 Å². The van der Waals surface area contributed by atoms with Crippen molar-refractivity contribution in [2.75, 3.05) is 6.54 Å².